The Balaban J connectivity index is 0.000000226. The molecule has 0 fully saturated rings. The van der Waals surface area contributed by atoms with Gasteiger partial charge in [0.25, 0.3) is 23.3 Å². The van der Waals surface area contributed by atoms with Crippen molar-refractivity contribution in [3.8, 4) is 11.1 Å². The van der Waals surface area contributed by atoms with Crippen molar-refractivity contribution in [3.05, 3.63) is 209 Å². The fraction of sp³-hybridized carbons (Fsp3) is 0.277. The number of hydrogen-bond acceptors (Lipinski definition) is 14. The van der Waals surface area contributed by atoms with Crippen LogP contribution >= 0.6 is 15.9 Å². The van der Waals surface area contributed by atoms with Crippen molar-refractivity contribution < 1.29 is 24.4 Å². The Morgan fingerprint density at radius 3 is 1.41 bits per heavy atom. The van der Waals surface area contributed by atoms with Gasteiger partial charge in [0.2, 0.25) is 0 Å². The van der Waals surface area contributed by atoms with E-state index in [1.807, 2.05) is 178 Å². The van der Waals surface area contributed by atoms with E-state index in [9.17, 15) is 29.2 Å². The van der Waals surface area contributed by atoms with Crippen molar-refractivity contribution in [2.45, 2.75) is 119 Å². The van der Waals surface area contributed by atoms with E-state index in [2.05, 4.69) is 45.8 Å². The van der Waals surface area contributed by atoms with Crippen molar-refractivity contribution in [2.24, 2.45) is 0 Å². The minimum absolute atomic E-state index is 0.0175. The van der Waals surface area contributed by atoms with Gasteiger partial charge in [-0.1, -0.05) is 54.6 Å². The van der Waals surface area contributed by atoms with Crippen molar-refractivity contribution in [1.82, 2.24) is 44.6 Å². The van der Waals surface area contributed by atoms with Crippen LogP contribution in [0.2, 0.25) is 0 Å². The summed E-state index contributed by atoms with van der Waals surface area (Å²) in [6, 6.07) is 35.6. The summed E-state index contributed by atoms with van der Waals surface area (Å²) in [6.07, 6.45) is 16.2. The second kappa shape index (κ2) is 34.1. The molecule has 446 valence electrons. The van der Waals surface area contributed by atoms with Crippen molar-refractivity contribution in [1.29, 1.82) is 0 Å². The first-order valence-electron chi connectivity index (χ1n) is 27.9. The third kappa shape index (κ3) is 20.2. The quantitative estimate of drug-likeness (QED) is 0.0519. The summed E-state index contributed by atoms with van der Waals surface area (Å²) in [5, 5.41) is 21.1. The van der Waals surface area contributed by atoms with E-state index in [0.29, 0.717) is 16.6 Å². The van der Waals surface area contributed by atoms with Crippen LogP contribution in [0.15, 0.2) is 186 Å². The molecule has 0 saturated heterocycles. The number of hydrogen-bond donors (Lipinski definition) is 6. The maximum Gasteiger partial charge on any atom is 0.490 e. The van der Waals surface area contributed by atoms with Gasteiger partial charge in [-0.3, -0.25) is 44.1 Å². The highest BCUT2D eigenvalue weighted by molar-refractivity contribution is 9.10. The summed E-state index contributed by atoms with van der Waals surface area (Å²) in [7, 11) is -1.70. The first kappa shape index (κ1) is 68.7. The number of aromatic nitrogens is 6. The molecule has 0 atom stereocenters. The number of pyridine rings is 6. The average Bonchev–Trinajstić information content (AvgIpc) is 2.61. The number of carbonyl (C=O) groups is 3. The van der Waals surface area contributed by atoms with Crippen molar-refractivity contribution >= 4 is 85.0 Å². The Morgan fingerprint density at radius 1 is 0.459 bits per heavy atom. The van der Waals surface area contributed by atoms with Gasteiger partial charge >= 0.3 is 7.12 Å². The van der Waals surface area contributed by atoms with Gasteiger partial charge in [0.1, 0.15) is 0 Å². The molecular formula is C65H80BBrN12O6. The van der Waals surface area contributed by atoms with Gasteiger partial charge in [-0.2, -0.15) is 0 Å². The van der Waals surface area contributed by atoms with Crippen LogP contribution in [-0.4, -0.2) is 116 Å². The Kier molecular flexibility index (Phi) is 27.5. The molecule has 18 nitrogen and oxygen atoms in total. The number of fused-ring (bicyclic) bond motifs is 3. The smallest absolute Gasteiger partial charge is 0.423 e. The van der Waals surface area contributed by atoms with Crippen LogP contribution < -0.4 is 28.2 Å². The molecule has 6 heterocycles. The summed E-state index contributed by atoms with van der Waals surface area (Å²) < 4.78 is 0.847. The molecule has 0 aliphatic heterocycles. The highest BCUT2D eigenvalue weighted by Gasteiger charge is 2.28. The molecule has 0 aliphatic carbocycles. The van der Waals surface area contributed by atoms with Crippen LogP contribution in [0.4, 0.5) is 17.1 Å². The van der Waals surface area contributed by atoms with E-state index in [1.54, 1.807) is 78.7 Å². The van der Waals surface area contributed by atoms with Gasteiger partial charge in [-0.05, 0) is 171 Å². The standard InChI is InChI=1S/C18H23N3O.C13H19NO.C12H19BN2O3.C12H8N2O.C5H5BrN2.C5H6N2/c1-12(2)21(13(3)4)18(22)15-8-6-5-7-14(15)16-11-20-10-9-17(16)19;1-10(2)14(11(3)4)13(15)12-8-6-5-7-9-12;1-8(2)15(9(3)4)12(16)10-5-6-14-7-11(10)13(17)18;15-12-9-4-2-1-3-8(9)10-7-13-6-5-11(10)14-12;6-4-3-8-2-1-5(4)7;6-5-1-3-7-4-2-5/h5-13H,1-4H3,(H2,19,20);5-11H,1-4H3;5-9,17-18H,1-4H3;1-7H,(H,14,15);1-3H,(H2,7,8);1-4H,(H2,6,7). The zero-order chi connectivity index (χ0) is 62.9. The number of nitrogens with two attached hydrogens (primary N) is 3. The average molecular weight is 1220 g/mol. The number of nitrogens with zero attached hydrogens (tertiary/aromatic N) is 8. The monoisotopic (exact) mass is 1210 g/mol. The highest BCUT2D eigenvalue weighted by atomic mass is 79.9. The van der Waals surface area contributed by atoms with Crippen LogP contribution in [0.3, 0.4) is 0 Å². The minimum atomic E-state index is -1.70. The molecule has 9 N–H and O–H groups in total. The number of amides is 3. The van der Waals surface area contributed by atoms with Gasteiger partial charge in [0.05, 0.1) is 9.99 Å². The Hall–Kier alpha value is -8.85. The fourth-order valence-corrected chi connectivity index (χ4v) is 9.37. The minimum Gasteiger partial charge on any atom is -0.423 e. The first-order chi connectivity index (χ1) is 40.4. The van der Waals surface area contributed by atoms with Crippen LogP contribution in [0, 0.1) is 0 Å². The van der Waals surface area contributed by atoms with Crippen LogP contribution in [-0.2, 0) is 0 Å². The third-order valence-electron chi connectivity index (χ3n) is 12.8. The SMILES string of the molecule is CC(C)N(C(=O)c1ccccc1)C(C)C.CC(C)N(C(=O)c1ccccc1-c1cnccc1N)C(C)C.CC(C)N(C(=O)c1ccncc1B(O)O)C(C)C.Nc1ccncc1.Nc1ccncc1Br.O=c1[nH]c2ccncc2c2ccccc12. The molecule has 0 spiro atoms. The molecule has 0 saturated carbocycles. The molecule has 9 rings (SSSR count). The molecule has 0 radical (unpaired) electrons. The van der Waals surface area contributed by atoms with E-state index < -0.39 is 7.12 Å². The summed E-state index contributed by atoms with van der Waals surface area (Å²) in [6.45, 7) is 24.0. The molecule has 0 bridgehead atoms. The molecule has 3 aromatic carbocycles. The zero-order valence-corrected chi connectivity index (χ0v) is 52.1. The highest BCUT2D eigenvalue weighted by Crippen LogP contribution is 2.30. The number of anilines is 3. The van der Waals surface area contributed by atoms with Gasteiger partial charge in [0, 0.05) is 154 Å². The maximum absolute atomic E-state index is 13.0. The number of carbonyl (C=O) groups excluding carboxylic acids is 3. The second-order valence-electron chi connectivity index (χ2n) is 21.0. The molecule has 20 heteroatoms. The lowest BCUT2D eigenvalue weighted by Gasteiger charge is -2.31. The van der Waals surface area contributed by atoms with Gasteiger partial charge in [-0.15, -0.1) is 0 Å². The Labute approximate surface area is 507 Å². The Bertz CT molecular complexity index is 3550. The molecule has 3 amide bonds. The molecule has 85 heavy (non-hydrogen) atoms. The number of halogens is 1. The van der Waals surface area contributed by atoms with Crippen molar-refractivity contribution in [3.63, 3.8) is 0 Å². The predicted octanol–water partition coefficient (Wildman–Crippen LogP) is 10.7. The van der Waals surface area contributed by atoms with E-state index in [4.69, 9.17) is 17.2 Å². The largest absolute Gasteiger partial charge is 0.490 e. The lowest BCUT2D eigenvalue weighted by atomic mass is 9.78. The molecule has 0 unspecified atom stereocenters. The number of aromatic amines is 1. The second-order valence-corrected chi connectivity index (χ2v) is 21.9. The summed E-state index contributed by atoms with van der Waals surface area (Å²) >= 11 is 3.21. The lowest BCUT2D eigenvalue weighted by Crippen LogP contribution is -2.46. The van der Waals surface area contributed by atoms with Crippen LogP contribution in [0.25, 0.3) is 32.8 Å². The topological polar surface area (TPSA) is 277 Å². The molecule has 0 aliphatic rings. The number of benzene rings is 3. The summed E-state index contributed by atoms with van der Waals surface area (Å²) in [4.78, 5) is 77.2. The summed E-state index contributed by atoms with van der Waals surface area (Å²) in [5.41, 5.74) is 23.1. The van der Waals surface area contributed by atoms with E-state index >= 15 is 0 Å². The fourth-order valence-electron chi connectivity index (χ4n) is 9.12. The number of H-pyrrole nitrogens is 1. The van der Waals surface area contributed by atoms with Crippen molar-refractivity contribution in [2.75, 3.05) is 17.2 Å². The third-order valence-corrected chi connectivity index (χ3v) is 13.4. The lowest BCUT2D eigenvalue weighted by molar-refractivity contribution is 0.0634. The summed E-state index contributed by atoms with van der Waals surface area (Å²) in [5.74, 6) is -0.0880. The number of nitrogens with one attached hydrogen (secondary N) is 1. The van der Waals surface area contributed by atoms with Crippen LogP contribution in [0.5, 0.6) is 0 Å². The van der Waals surface area contributed by atoms with Gasteiger partial charge < -0.3 is 46.9 Å². The molecule has 9 aromatic rings. The van der Waals surface area contributed by atoms with Gasteiger partial charge in [0.15, 0.2) is 0 Å². The van der Waals surface area contributed by atoms with E-state index in [1.165, 1.54) is 18.5 Å². The van der Waals surface area contributed by atoms with Gasteiger partial charge in [-0.25, -0.2) is 0 Å². The maximum atomic E-state index is 13.0. The number of rotatable bonds is 11. The molecule has 6 aromatic heterocycles. The van der Waals surface area contributed by atoms with E-state index in [0.717, 1.165) is 48.8 Å². The predicted molar refractivity (Wildman–Crippen MR) is 349 cm³/mol. The number of nitrogen functional groups attached to an aromatic ring is 3. The molecular weight excluding hydrogens is 1140 g/mol. The normalized spacial score (nSPS) is 10.6. The van der Waals surface area contributed by atoms with E-state index in [-0.39, 0.29) is 70.6 Å². The van der Waals surface area contributed by atoms with Crippen LogP contribution in [0.1, 0.15) is 114 Å². The first-order valence-corrected chi connectivity index (χ1v) is 28.7. The zero-order valence-electron chi connectivity index (χ0n) is 50.5. The Morgan fingerprint density at radius 2 is 0.906 bits per heavy atom.